The molecule has 0 aliphatic carbocycles. The predicted octanol–water partition coefficient (Wildman–Crippen LogP) is 1.69. The number of carboxylic acid groups (broad SMARTS) is 1. The number of carbonyl (C=O) groups is 1. The average Bonchev–Trinajstić information content (AvgIpc) is 3.03. The van der Waals surface area contributed by atoms with Crippen molar-refractivity contribution < 1.29 is 9.90 Å². The number of hydrogen-bond acceptors (Lipinski definition) is 3. The Morgan fingerprint density at radius 2 is 2.37 bits per heavy atom. The first-order chi connectivity index (χ1) is 9.19. The van der Waals surface area contributed by atoms with E-state index in [1.807, 2.05) is 0 Å². The van der Waals surface area contributed by atoms with Crippen LogP contribution in [0.5, 0.6) is 0 Å². The summed E-state index contributed by atoms with van der Waals surface area (Å²) in [4.78, 5) is 18.3. The van der Waals surface area contributed by atoms with Crippen LogP contribution in [0, 0.1) is 5.92 Å². The number of imidazole rings is 1. The summed E-state index contributed by atoms with van der Waals surface area (Å²) in [6, 6.07) is 0.436. The molecular formula is C14H21N3O2. The van der Waals surface area contributed by atoms with Gasteiger partial charge in [-0.15, -0.1) is 0 Å². The quantitative estimate of drug-likeness (QED) is 0.901. The maximum absolute atomic E-state index is 11.1. The van der Waals surface area contributed by atoms with Crippen molar-refractivity contribution >= 4 is 5.97 Å². The number of hydrogen-bond donors (Lipinski definition) is 1. The molecule has 0 bridgehead atoms. The number of rotatable bonds is 3. The minimum Gasteiger partial charge on any atom is -0.481 e. The topological polar surface area (TPSA) is 58.4 Å². The first kappa shape index (κ1) is 12.7. The second kappa shape index (κ2) is 4.96. The lowest BCUT2D eigenvalue weighted by molar-refractivity contribution is -0.142. The van der Waals surface area contributed by atoms with E-state index in [2.05, 4.69) is 22.6 Å². The fourth-order valence-corrected chi connectivity index (χ4v) is 3.37. The van der Waals surface area contributed by atoms with Crippen molar-refractivity contribution in [2.24, 2.45) is 5.92 Å². The molecule has 0 amide bonds. The Balaban J connectivity index is 1.81. The number of carboxylic acids is 1. The van der Waals surface area contributed by atoms with Crippen LogP contribution in [0.2, 0.25) is 0 Å². The van der Waals surface area contributed by atoms with Gasteiger partial charge in [-0.25, -0.2) is 4.98 Å². The Kier molecular flexibility index (Phi) is 3.31. The maximum atomic E-state index is 11.1. The van der Waals surface area contributed by atoms with Crippen molar-refractivity contribution in [3.63, 3.8) is 0 Å². The monoisotopic (exact) mass is 263 g/mol. The Hall–Kier alpha value is -1.36. The average molecular weight is 263 g/mol. The zero-order valence-corrected chi connectivity index (χ0v) is 11.4. The summed E-state index contributed by atoms with van der Waals surface area (Å²) in [5, 5.41) is 9.12. The molecule has 104 valence electrons. The van der Waals surface area contributed by atoms with Crippen LogP contribution in [0.3, 0.4) is 0 Å². The Bertz CT molecular complexity index is 483. The fourth-order valence-electron chi connectivity index (χ4n) is 3.37. The lowest BCUT2D eigenvalue weighted by atomic mass is 10.00. The van der Waals surface area contributed by atoms with Crippen LogP contribution in [-0.2, 0) is 17.8 Å². The van der Waals surface area contributed by atoms with Gasteiger partial charge >= 0.3 is 5.97 Å². The number of aliphatic carboxylic acids is 1. The molecule has 1 fully saturated rings. The second-order valence-corrected chi connectivity index (χ2v) is 5.59. The lowest BCUT2D eigenvalue weighted by Gasteiger charge is -2.20. The van der Waals surface area contributed by atoms with Crippen molar-refractivity contribution in [2.75, 3.05) is 13.1 Å². The standard InChI is InChI=1S/C14H21N3O2/c1-2-16-7-3-4-12(16)11-9-17-8-10(14(18)19)5-6-13(17)15-11/h9-10,12H,2-8H2,1H3,(H,18,19). The molecule has 1 N–H and O–H groups in total. The number of fused-ring (bicyclic) bond motifs is 1. The normalized spacial score (nSPS) is 27.4. The zero-order chi connectivity index (χ0) is 13.4. The molecule has 2 atom stereocenters. The molecule has 2 aliphatic rings. The number of aryl methyl sites for hydroxylation is 1. The van der Waals surface area contributed by atoms with Gasteiger partial charge < -0.3 is 9.67 Å². The van der Waals surface area contributed by atoms with E-state index in [0.29, 0.717) is 19.0 Å². The van der Waals surface area contributed by atoms with E-state index in [1.54, 1.807) is 0 Å². The van der Waals surface area contributed by atoms with Gasteiger partial charge in [0.05, 0.1) is 17.7 Å². The van der Waals surface area contributed by atoms with E-state index >= 15 is 0 Å². The van der Waals surface area contributed by atoms with Crippen LogP contribution >= 0.6 is 0 Å². The smallest absolute Gasteiger partial charge is 0.308 e. The summed E-state index contributed by atoms with van der Waals surface area (Å²) in [5.41, 5.74) is 1.14. The molecule has 2 unspecified atom stereocenters. The van der Waals surface area contributed by atoms with Crippen molar-refractivity contribution in [1.29, 1.82) is 0 Å². The molecule has 3 heterocycles. The molecule has 5 heteroatoms. The van der Waals surface area contributed by atoms with Crippen molar-refractivity contribution in [3.05, 3.63) is 17.7 Å². The predicted molar refractivity (Wildman–Crippen MR) is 70.9 cm³/mol. The molecule has 3 rings (SSSR count). The van der Waals surface area contributed by atoms with Gasteiger partial charge in [-0.3, -0.25) is 9.69 Å². The van der Waals surface area contributed by atoms with Crippen LogP contribution < -0.4 is 0 Å². The van der Waals surface area contributed by atoms with E-state index in [4.69, 9.17) is 10.1 Å². The zero-order valence-electron chi connectivity index (χ0n) is 11.4. The van der Waals surface area contributed by atoms with E-state index in [0.717, 1.165) is 31.0 Å². The highest BCUT2D eigenvalue weighted by Crippen LogP contribution is 2.32. The summed E-state index contributed by atoms with van der Waals surface area (Å²) < 4.78 is 2.06. The molecule has 5 nitrogen and oxygen atoms in total. The van der Waals surface area contributed by atoms with E-state index in [9.17, 15) is 4.79 Å². The van der Waals surface area contributed by atoms with Crippen LogP contribution in [-0.4, -0.2) is 38.6 Å². The molecule has 0 aromatic carbocycles. The second-order valence-electron chi connectivity index (χ2n) is 5.59. The fraction of sp³-hybridized carbons (Fsp3) is 0.714. The molecule has 1 saturated heterocycles. The highest BCUT2D eigenvalue weighted by Gasteiger charge is 2.30. The van der Waals surface area contributed by atoms with E-state index in [-0.39, 0.29) is 5.92 Å². The molecule has 1 aromatic rings. The number of nitrogens with zero attached hydrogens (tertiary/aromatic N) is 3. The molecule has 0 saturated carbocycles. The molecule has 19 heavy (non-hydrogen) atoms. The number of aromatic nitrogens is 2. The molecule has 0 spiro atoms. The molecule has 0 radical (unpaired) electrons. The van der Waals surface area contributed by atoms with Gasteiger partial charge in [-0.1, -0.05) is 6.92 Å². The first-order valence-corrected chi connectivity index (χ1v) is 7.22. The van der Waals surface area contributed by atoms with Gasteiger partial charge in [-0.2, -0.15) is 0 Å². The maximum Gasteiger partial charge on any atom is 0.308 e. The highest BCUT2D eigenvalue weighted by atomic mass is 16.4. The number of likely N-dealkylation sites (tertiary alicyclic amines) is 1. The SMILES string of the molecule is CCN1CCCC1c1cn2c(n1)CCC(C(=O)O)C2. The summed E-state index contributed by atoms with van der Waals surface area (Å²) in [5.74, 6) is 0.132. The van der Waals surface area contributed by atoms with Gasteiger partial charge in [0.25, 0.3) is 0 Å². The highest BCUT2D eigenvalue weighted by molar-refractivity contribution is 5.70. The third-order valence-electron chi connectivity index (χ3n) is 4.47. The molecular weight excluding hydrogens is 242 g/mol. The summed E-state index contributed by atoms with van der Waals surface area (Å²) in [6.45, 7) is 4.98. The Labute approximate surface area is 113 Å². The minimum absolute atomic E-state index is 0.250. The van der Waals surface area contributed by atoms with Gasteiger partial charge in [0.2, 0.25) is 0 Å². The summed E-state index contributed by atoms with van der Waals surface area (Å²) >= 11 is 0. The van der Waals surface area contributed by atoms with Crippen LogP contribution in [0.4, 0.5) is 0 Å². The van der Waals surface area contributed by atoms with E-state index in [1.165, 1.54) is 12.8 Å². The van der Waals surface area contributed by atoms with Gasteiger partial charge in [0.15, 0.2) is 0 Å². The molecule has 2 aliphatic heterocycles. The minimum atomic E-state index is -0.683. The third kappa shape index (κ3) is 2.27. The molecule has 1 aromatic heterocycles. The Morgan fingerprint density at radius 1 is 1.53 bits per heavy atom. The van der Waals surface area contributed by atoms with Gasteiger partial charge in [-0.05, 0) is 32.4 Å². The summed E-state index contributed by atoms with van der Waals surface area (Å²) in [7, 11) is 0. The van der Waals surface area contributed by atoms with E-state index < -0.39 is 5.97 Å². The van der Waals surface area contributed by atoms with Gasteiger partial charge in [0, 0.05) is 19.2 Å². The Morgan fingerprint density at radius 3 is 3.11 bits per heavy atom. The summed E-state index contributed by atoms with van der Waals surface area (Å²) in [6.07, 6.45) is 6.00. The van der Waals surface area contributed by atoms with Crippen molar-refractivity contribution in [3.8, 4) is 0 Å². The van der Waals surface area contributed by atoms with Crippen LogP contribution in [0.1, 0.15) is 43.7 Å². The first-order valence-electron chi connectivity index (χ1n) is 7.22. The van der Waals surface area contributed by atoms with Crippen molar-refractivity contribution in [2.45, 2.75) is 45.2 Å². The third-order valence-corrected chi connectivity index (χ3v) is 4.47. The van der Waals surface area contributed by atoms with Crippen LogP contribution in [0.15, 0.2) is 6.20 Å². The van der Waals surface area contributed by atoms with Crippen LogP contribution in [0.25, 0.3) is 0 Å². The largest absolute Gasteiger partial charge is 0.481 e. The van der Waals surface area contributed by atoms with Gasteiger partial charge in [0.1, 0.15) is 5.82 Å². The lowest BCUT2D eigenvalue weighted by Crippen LogP contribution is -2.26. The van der Waals surface area contributed by atoms with Crippen molar-refractivity contribution in [1.82, 2.24) is 14.5 Å².